The van der Waals surface area contributed by atoms with Gasteiger partial charge in [0.05, 0.1) is 18.5 Å². The molecule has 0 amide bonds. The van der Waals surface area contributed by atoms with Gasteiger partial charge >= 0.3 is 0 Å². The molecule has 8 nitrogen and oxygen atoms in total. The van der Waals surface area contributed by atoms with Crippen LogP contribution in [0, 0.1) is 12.7 Å². The highest BCUT2D eigenvalue weighted by Gasteiger charge is 2.22. The van der Waals surface area contributed by atoms with E-state index in [2.05, 4.69) is 20.4 Å². The van der Waals surface area contributed by atoms with Crippen molar-refractivity contribution in [2.24, 2.45) is 0 Å². The Morgan fingerprint density at radius 1 is 1.38 bits per heavy atom. The van der Waals surface area contributed by atoms with Gasteiger partial charge in [-0.2, -0.15) is 10.1 Å². The van der Waals surface area contributed by atoms with Crippen molar-refractivity contribution in [1.29, 1.82) is 0 Å². The number of aliphatic hydroxyl groups is 1. The van der Waals surface area contributed by atoms with Crippen molar-refractivity contribution in [3.8, 4) is 17.4 Å². The Morgan fingerprint density at radius 3 is 3.04 bits per heavy atom. The molecule has 0 unspecified atom stereocenters. The van der Waals surface area contributed by atoms with Gasteiger partial charge in [0.25, 0.3) is 0 Å². The van der Waals surface area contributed by atoms with E-state index in [0.29, 0.717) is 35.6 Å². The minimum Gasteiger partial charge on any atom is -0.489 e. The Hall–Kier alpha value is -2.94. The zero-order chi connectivity index (χ0) is 18.3. The number of ether oxygens (including phenoxy) is 2. The Labute approximate surface area is 148 Å². The number of anilines is 1. The second-order valence-corrected chi connectivity index (χ2v) is 6.18. The number of fused-ring (bicyclic) bond motifs is 2. The quantitative estimate of drug-likeness (QED) is 0.720. The Kier molecular flexibility index (Phi) is 4.08. The maximum Gasteiger partial charge on any atom is 0.247 e. The number of aliphatic hydroxyl groups excluding tert-OH is 1. The average molecular weight is 359 g/mol. The van der Waals surface area contributed by atoms with E-state index in [4.69, 9.17) is 9.47 Å². The minimum atomic E-state index is -0.598. The minimum absolute atomic E-state index is 0.0140. The number of nitrogens with zero attached hydrogens (tertiary/aromatic N) is 4. The third-order valence-corrected chi connectivity index (χ3v) is 4.18. The molecule has 26 heavy (non-hydrogen) atoms. The van der Waals surface area contributed by atoms with Crippen molar-refractivity contribution in [2.45, 2.75) is 26.4 Å². The molecule has 0 aromatic carbocycles. The van der Waals surface area contributed by atoms with Crippen LogP contribution in [-0.4, -0.2) is 43.9 Å². The lowest BCUT2D eigenvalue weighted by Crippen LogP contribution is -2.12. The number of hydrogen-bond acceptors (Lipinski definition) is 7. The van der Waals surface area contributed by atoms with E-state index in [1.165, 1.54) is 12.5 Å². The van der Waals surface area contributed by atoms with Gasteiger partial charge < -0.3 is 19.9 Å². The molecule has 4 heterocycles. The van der Waals surface area contributed by atoms with Gasteiger partial charge in [-0.25, -0.2) is 13.9 Å². The molecule has 0 spiro atoms. The van der Waals surface area contributed by atoms with Crippen molar-refractivity contribution in [1.82, 2.24) is 19.6 Å². The van der Waals surface area contributed by atoms with Gasteiger partial charge in [-0.05, 0) is 20.3 Å². The summed E-state index contributed by atoms with van der Waals surface area (Å²) < 4.78 is 27.5. The van der Waals surface area contributed by atoms with Gasteiger partial charge in [-0.1, -0.05) is 0 Å². The van der Waals surface area contributed by atoms with Gasteiger partial charge in [0, 0.05) is 17.7 Å². The van der Waals surface area contributed by atoms with Crippen molar-refractivity contribution in [3.63, 3.8) is 0 Å². The first-order valence-corrected chi connectivity index (χ1v) is 8.27. The van der Waals surface area contributed by atoms with Crippen LogP contribution in [0.25, 0.3) is 5.52 Å². The first-order chi connectivity index (χ1) is 12.5. The highest BCUT2D eigenvalue weighted by Crippen LogP contribution is 2.35. The summed E-state index contributed by atoms with van der Waals surface area (Å²) in [5.74, 6) is 0.881. The van der Waals surface area contributed by atoms with E-state index in [0.717, 1.165) is 5.56 Å². The van der Waals surface area contributed by atoms with Crippen molar-refractivity contribution < 1.29 is 19.0 Å². The predicted molar refractivity (Wildman–Crippen MR) is 91.4 cm³/mol. The average Bonchev–Trinajstić information content (AvgIpc) is 3.21. The molecule has 3 aromatic heterocycles. The maximum absolute atomic E-state index is 14.7. The number of rotatable bonds is 5. The van der Waals surface area contributed by atoms with Gasteiger partial charge in [-0.3, -0.25) is 0 Å². The van der Waals surface area contributed by atoms with Crippen LogP contribution in [0.4, 0.5) is 10.2 Å². The van der Waals surface area contributed by atoms with Crippen LogP contribution in [0.3, 0.4) is 0 Å². The van der Waals surface area contributed by atoms with Gasteiger partial charge in [0.1, 0.15) is 30.0 Å². The summed E-state index contributed by atoms with van der Waals surface area (Å²) in [5, 5.41) is 16.6. The summed E-state index contributed by atoms with van der Waals surface area (Å²) in [6, 6.07) is 0. The molecule has 0 saturated heterocycles. The topological polar surface area (TPSA) is 93.8 Å². The van der Waals surface area contributed by atoms with Crippen molar-refractivity contribution in [2.75, 3.05) is 18.5 Å². The molecule has 136 valence electrons. The SMILES string of the molecule is Cc1c(OC[C@H](C)O)cn2ncnc(Oc3cnc4c(c3F)CCN4)c12. The lowest BCUT2D eigenvalue weighted by Gasteiger charge is -2.09. The largest absolute Gasteiger partial charge is 0.489 e. The van der Waals surface area contributed by atoms with E-state index in [1.54, 1.807) is 17.6 Å². The van der Waals surface area contributed by atoms with Crippen LogP contribution in [0.1, 0.15) is 18.1 Å². The summed E-state index contributed by atoms with van der Waals surface area (Å²) in [4.78, 5) is 8.33. The number of aromatic nitrogens is 4. The maximum atomic E-state index is 14.7. The van der Waals surface area contributed by atoms with Gasteiger partial charge in [-0.15, -0.1) is 0 Å². The molecule has 0 saturated carbocycles. The Balaban J connectivity index is 1.71. The molecule has 0 aliphatic carbocycles. The fourth-order valence-corrected chi connectivity index (χ4v) is 2.91. The zero-order valence-corrected chi connectivity index (χ0v) is 14.4. The van der Waals surface area contributed by atoms with E-state index >= 15 is 0 Å². The first-order valence-electron chi connectivity index (χ1n) is 8.27. The fraction of sp³-hybridized carbons (Fsp3) is 0.353. The first kappa shape index (κ1) is 16.5. The highest BCUT2D eigenvalue weighted by atomic mass is 19.1. The standard InChI is InChI=1S/C17H18FN5O3/c1-9(24)7-25-13-6-23-15(10(13)2)17(21-8-22-23)26-12-5-20-16-11(14(12)18)3-4-19-16/h5-6,8-9,24H,3-4,7H2,1-2H3,(H,19,20)/t9-/m0/s1. The number of nitrogens with one attached hydrogen (secondary N) is 1. The molecule has 3 aromatic rings. The summed E-state index contributed by atoms with van der Waals surface area (Å²) in [7, 11) is 0. The zero-order valence-electron chi connectivity index (χ0n) is 14.4. The van der Waals surface area contributed by atoms with E-state index in [-0.39, 0.29) is 18.2 Å². The van der Waals surface area contributed by atoms with Crippen molar-refractivity contribution >= 4 is 11.3 Å². The molecule has 0 fully saturated rings. The summed E-state index contributed by atoms with van der Waals surface area (Å²) in [5.41, 5.74) is 1.81. The van der Waals surface area contributed by atoms with Crippen LogP contribution in [0.5, 0.6) is 17.4 Å². The molecular weight excluding hydrogens is 341 g/mol. The molecule has 2 N–H and O–H groups in total. The van der Waals surface area contributed by atoms with E-state index in [9.17, 15) is 9.50 Å². The van der Waals surface area contributed by atoms with Gasteiger partial charge in [0.15, 0.2) is 11.6 Å². The van der Waals surface area contributed by atoms with Crippen LogP contribution in [0.15, 0.2) is 18.7 Å². The molecule has 4 rings (SSSR count). The molecular formula is C17H18FN5O3. The van der Waals surface area contributed by atoms with Crippen molar-refractivity contribution in [3.05, 3.63) is 35.7 Å². The number of aryl methyl sites for hydroxylation is 1. The second kappa shape index (κ2) is 6.41. The van der Waals surface area contributed by atoms with E-state index < -0.39 is 11.9 Å². The second-order valence-electron chi connectivity index (χ2n) is 6.18. The normalized spacial score (nSPS) is 14.2. The molecule has 9 heteroatoms. The summed E-state index contributed by atoms with van der Waals surface area (Å²) >= 11 is 0. The van der Waals surface area contributed by atoms with Gasteiger partial charge in [0.2, 0.25) is 5.88 Å². The van der Waals surface area contributed by atoms with Crippen LogP contribution >= 0.6 is 0 Å². The number of pyridine rings is 1. The van der Waals surface area contributed by atoms with E-state index in [1.807, 2.05) is 6.92 Å². The highest BCUT2D eigenvalue weighted by molar-refractivity contribution is 5.67. The lowest BCUT2D eigenvalue weighted by molar-refractivity contribution is 0.122. The molecule has 1 aliphatic heterocycles. The molecule has 0 radical (unpaired) electrons. The monoisotopic (exact) mass is 359 g/mol. The van der Waals surface area contributed by atoms with Crippen LogP contribution in [-0.2, 0) is 6.42 Å². The number of halogens is 1. The molecule has 1 aliphatic rings. The number of hydrogen-bond donors (Lipinski definition) is 2. The lowest BCUT2D eigenvalue weighted by atomic mass is 10.2. The fourth-order valence-electron chi connectivity index (χ4n) is 2.91. The summed E-state index contributed by atoms with van der Waals surface area (Å²) in [6.45, 7) is 4.27. The smallest absolute Gasteiger partial charge is 0.247 e. The predicted octanol–water partition coefficient (Wildman–Crippen LogP) is 2.09. The summed E-state index contributed by atoms with van der Waals surface area (Å²) in [6.07, 6.45) is 4.29. The Morgan fingerprint density at radius 2 is 2.23 bits per heavy atom. The van der Waals surface area contributed by atoms with Crippen LogP contribution < -0.4 is 14.8 Å². The Bertz CT molecular complexity index is 973. The molecule has 1 atom stereocenters. The third kappa shape index (κ3) is 2.80. The van der Waals surface area contributed by atoms with Crippen LogP contribution in [0.2, 0.25) is 0 Å². The molecule has 0 bridgehead atoms. The third-order valence-electron chi connectivity index (χ3n) is 4.18.